The van der Waals surface area contributed by atoms with E-state index in [2.05, 4.69) is 10.6 Å². The number of benzene rings is 3. The summed E-state index contributed by atoms with van der Waals surface area (Å²) < 4.78 is 5.10. The summed E-state index contributed by atoms with van der Waals surface area (Å²) in [5, 5.41) is 16.1. The van der Waals surface area contributed by atoms with Gasteiger partial charge in [0.15, 0.2) is 5.76 Å². The number of hydrogen-bond donors (Lipinski definition) is 2. The summed E-state index contributed by atoms with van der Waals surface area (Å²) in [6.07, 6.45) is 1.43. The summed E-state index contributed by atoms with van der Waals surface area (Å²) in [4.78, 5) is 36.8. The summed E-state index contributed by atoms with van der Waals surface area (Å²) in [5.41, 5.74) is 2.48. The molecule has 9 heteroatoms. The standard InChI is InChI=1S/C26H21N3O5S/c1-17-16-20(29(32)33)11-14-22(17)28-26(31)24(18-6-3-2-4-7-18)35-21-12-9-19(10-13-21)27-25(30)23-8-5-15-34-23/h2-16,24H,1H3,(H,27,30)(H,28,31). The molecule has 0 bridgehead atoms. The molecule has 8 nitrogen and oxygen atoms in total. The predicted molar refractivity (Wildman–Crippen MR) is 135 cm³/mol. The highest BCUT2D eigenvalue weighted by atomic mass is 32.2. The normalized spacial score (nSPS) is 11.5. The fourth-order valence-corrected chi connectivity index (χ4v) is 4.38. The quantitative estimate of drug-likeness (QED) is 0.173. The van der Waals surface area contributed by atoms with Gasteiger partial charge >= 0.3 is 0 Å². The fraction of sp³-hybridized carbons (Fsp3) is 0.0769. The zero-order valence-electron chi connectivity index (χ0n) is 18.6. The molecule has 2 N–H and O–H groups in total. The third-order valence-corrected chi connectivity index (χ3v) is 6.40. The second-order valence-electron chi connectivity index (χ2n) is 7.61. The lowest BCUT2D eigenvalue weighted by Crippen LogP contribution is -2.19. The Bertz CT molecular complexity index is 1340. The van der Waals surface area contributed by atoms with E-state index in [1.165, 1.54) is 36.2 Å². The molecule has 0 radical (unpaired) electrons. The third-order valence-electron chi connectivity index (χ3n) is 5.13. The van der Waals surface area contributed by atoms with Crippen LogP contribution in [-0.4, -0.2) is 16.7 Å². The average molecular weight is 488 g/mol. The summed E-state index contributed by atoms with van der Waals surface area (Å²) in [7, 11) is 0. The number of rotatable bonds is 8. The number of furan rings is 1. The Morgan fingerprint density at radius 2 is 1.69 bits per heavy atom. The molecule has 0 aliphatic heterocycles. The van der Waals surface area contributed by atoms with E-state index in [9.17, 15) is 19.7 Å². The molecule has 1 heterocycles. The second-order valence-corrected chi connectivity index (χ2v) is 8.79. The maximum Gasteiger partial charge on any atom is 0.291 e. The first-order valence-corrected chi connectivity index (χ1v) is 11.5. The number of nitrogens with zero attached hydrogens (tertiary/aromatic N) is 1. The van der Waals surface area contributed by atoms with Crippen LogP contribution in [0.1, 0.15) is 26.9 Å². The smallest absolute Gasteiger partial charge is 0.291 e. The van der Waals surface area contributed by atoms with Gasteiger partial charge in [0.1, 0.15) is 5.25 Å². The van der Waals surface area contributed by atoms with E-state index < -0.39 is 10.2 Å². The van der Waals surface area contributed by atoms with Crippen molar-refractivity contribution in [3.63, 3.8) is 0 Å². The van der Waals surface area contributed by atoms with Gasteiger partial charge in [-0.1, -0.05) is 30.3 Å². The van der Waals surface area contributed by atoms with E-state index in [0.29, 0.717) is 16.9 Å². The van der Waals surface area contributed by atoms with Crippen LogP contribution in [0.2, 0.25) is 0 Å². The van der Waals surface area contributed by atoms with Crippen LogP contribution in [0, 0.1) is 17.0 Å². The molecule has 0 fully saturated rings. The van der Waals surface area contributed by atoms with Crippen LogP contribution in [-0.2, 0) is 4.79 Å². The van der Waals surface area contributed by atoms with Gasteiger partial charge in [-0.3, -0.25) is 19.7 Å². The van der Waals surface area contributed by atoms with E-state index in [1.54, 1.807) is 31.2 Å². The summed E-state index contributed by atoms with van der Waals surface area (Å²) in [6, 6.07) is 24.0. The molecule has 1 unspecified atom stereocenters. The Morgan fingerprint density at radius 1 is 0.943 bits per heavy atom. The van der Waals surface area contributed by atoms with Gasteiger partial charge in [-0.15, -0.1) is 11.8 Å². The molecular formula is C26H21N3O5S. The van der Waals surface area contributed by atoms with E-state index in [4.69, 9.17) is 4.42 Å². The minimum Gasteiger partial charge on any atom is -0.459 e. The molecule has 0 aliphatic rings. The topological polar surface area (TPSA) is 114 Å². The third kappa shape index (κ3) is 5.96. The van der Waals surface area contributed by atoms with Crippen LogP contribution >= 0.6 is 11.8 Å². The molecule has 2 amide bonds. The van der Waals surface area contributed by atoms with Crippen molar-refractivity contribution in [2.75, 3.05) is 10.6 Å². The van der Waals surface area contributed by atoms with E-state index in [0.717, 1.165) is 10.5 Å². The highest BCUT2D eigenvalue weighted by Gasteiger charge is 2.23. The Kier molecular flexibility index (Phi) is 7.27. The Labute approximate surface area is 205 Å². The molecule has 0 saturated carbocycles. The Balaban J connectivity index is 1.51. The van der Waals surface area contributed by atoms with Crippen molar-refractivity contribution >= 4 is 40.6 Å². The number of hydrogen-bond acceptors (Lipinski definition) is 6. The van der Waals surface area contributed by atoms with Gasteiger partial charge in [0.05, 0.1) is 11.2 Å². The molecule has 4 aromatic rings. The number of aryl methyl sites for hydroxylation is 1. The van der Waals surface area contributed by atoms with Crippen molar-refractivity contribution in [3.05, 3.63) is 118 Å². The molecular weight excluding hydrogens is 466 g/mol. The number of anilines is 2. The minimum atomic E-state index is -0.575. The van der Waals surface area contributed by atoms with Gasteiger partial charge in [-0.05, 0) is 60.5 Å². The monoisotopic (exact) mass is 487 g/mol. The van der Waals surface area contributed by atoms with Gasteiger partial charge in [0.2, 0.25) is 5.91 Å². The van der Waals surface area contributed by atoms with Gasteiger partial charge in [-0.25, -0.2) is 0 Å². The SMILES string of the molecule is Cc1cc([N+](=O)[O-])ccc1NC(=O)C(Sc1ccc(NC(=O)c2ccco2)cc1)c1ccccc1. The second kappa shape index (κ2) is 10.7. The van der Waals surface area contributed by atoms with Crippen LogP contribution in [0.5, 0.6) is 0 Å². The number of nitro groups is 1. The zero-order valence-corrected chi connectivity index (χ0v) is 19.5. The van der Waals surface area contributed by atoms with Gasteiger partial charge in [0, 0.05) is 28.4 Å². The van der Waals surface area contributed by atoms with E-state index in [1.807, 2.05) is 42.5 Å². The molecule has 35 heavy (non-hydrogen) atoms. The van der Waals surface area contributed by atoms with Gasteiger partial charge in [0.25, 0.3) is 11.6 Å². The number of thioether (sulfide) groups is 1. The molecule has 0 saturated heterocycles. The summed E-state index contributed by atoms with van der Waals surface area (Å²) >= 11 is 1.36. The molecule has 176 valence electrons. The fourth-order valence-electron chi connectivity index (χ4n) is 3.35. The van der Waals surface area contributed by atoms with E-state index >= 15 is 0 Å². The Morgan fingerprint density at radius 3 is 2.31 bits per heavy atom. The zero-order chi connectivity index (χ0) is 24.8. The Hall–Kier alpha value is -4.37. The first-order valence-electron chi connectivity index (χ1n) is 10.6. The number of nitrogens with one attached hydrogen (secondary N) is 2. The maximum absolute atomic E-state index is 13.3. The number of nitro benzene ring substituents is 1. The lowest BCUT2D eigenvalue weighted by atomic mass is 10.1. The first-order chi connectivity index (χ1) is 16.9. The predicted octanol–water partition coefficient (Wildman–Crippen LogP) is 6.22. The summed E-state index contributed by atoms with van der Waals surface area (Å²) in [6.45, 7) is 1.71. The molecule has 1 aromatic heterocycles. The molecule has 0 aliphatic carbocycles. The molecule has 4 rings (SSSR count). The largest absolute Gasteiger partial charge is 0.459 e. The van der Waals surface area contributed by atoms with Gasteiger partial charge in [-0.2, -0.15) is 0 Å². The first kappa shape index (κ1) is 23.8. The van der Waals surface area contributed by atoms with Crippen molar-refractivity contribution in [1.82, 2.24) is 0 Å². The lowest BCUT2D eigenvalue weighted by Gasteiger charge is -2.18. The van der Waals surface area contributed by atoms with Crippen LogP contribution in [0.15, 0.2) is 101 Å². The number of carbonyl (C=O) groups excluding carboxylic acids is 2. The minimum absolute atomic E-state index is 0.0336. The van der Waals surface area contributed by atoms with Crippen LogP contribution < -0.4 is 10.6 Å². The van der Waals surface area contributed by atoms with Crippen LogP contribution in [0.4, 0.5) is 17.1 Å². The number of carbonyl (C=O) groups is 2. The van der Waals surface area contributed by atoms with Crippen molar-refractivity contribution < 1.29 is 18.9 Å². The average Bonchev–Trinajstić information content (AvgIpc) is 3.40. The molecule has 3 aromatic carbocycles. The van der Waals surface area contributed by atoms with Crippen molar-refractivity contribution in [2.45, 2.75) is 17.1 Å². The van der Waals surface area contributed by atoms with Crippen LogP contribution in [0.3, 0.4) is 0 Å². The summed E-state index contributed by atoms with van der Waals surface area (Å²) in [5.74, 6) is -0.394. The highest BCUT2D eigenvalue weighted by Crippen LogP contribution is 2.37. The van der Waals surface area contributed by atoms with Crippen molar-refractivity contribution in [3.8, 4) is 0 Å². The number of amides is 2. The number of non-ortho nitro benzene ring substituents is 1. The molecule has 1 atom stereocenters. The van der Waals surface area contributed by atoms with Gasteiger partial charge < -0.3 is 15.1 Å². The highest BCUT2D eigenvalue weighted by molar-refractivity contribution is 8.00. The van der Waals surface area contributed by atoms with Crippen LogP contribution in [0.25, 0.3) is 0 Å². The van der Waals surface area contributed by atoms with Crippen molar-refractivity contribution in [2.24, 2.45) is 0 Å². The maximum atomic E-state index is 13.3. The lowest BCUT2D eigenvalue weighted by molar-refractivity contribution is -0.384. The van der Waals surface area contributed by atoms with Crippen molar-refractivity contribution in [1.29, 1.82) is 0 Å². The van der Waals surface area contributed by atoms with E-state index in [-0.39, 0.29) is 23.3 Å². The molecule has 0 spiro atoms.